The van der Waals surface area contributed by atoms with Gasteiger partial charge in [0.05, 0.1) is 57.0 Å². The van der Waals surface area contributed by atoms with Crippen molar-refractivity contribution in [2.45, 2.75) is 169 Å². The molecule has 0 bridgehead atoms. The van der Waals surface area contributed by atoms with Crippen LogP contribution in [0.4, 0.5) is 40.3 Å². The molecular weight excluding hydrogens is 1520 g/mol. The highest BCUT2D eigenvalue weighted by Crippen LogP contribution is 2.32. The third-order valence-electron chi connectivity index (χ3n) is 13.3. The van der Waals surface area contributed by atoms with Crippen molar-refractivity contribution in [2.24, 2.45) is 58.6 Å². The standard InChI is InChI=1S/C13H14F2N4O2.C12H12F2N4O2.C12H16N2O2S.C11H13ClN2O2S.C11H14N2O2S.C10H11ClN2O2S/c1-3-8(2)18-21-7-11-9(12(14)15)5-4-6-10(11)13(20)17-19-16;1-7(2)17-20-6-10-8(11(13)14)4-3-5-9(10)12(19)16-18-15;1-4-10(3)13-16-8-11-9(2)6-5-7-12(11)14-17-15;1-3-8(2)13-16-7-9-10(12)5-4-6-11(9)14-17-15;1-8(2)12-15-7-10-9(3)5-4-6-11(10)13-16-14;1-7(2)12-15-6-8-9(11)4-3-5-10(8)13-16-14/h4-6,12H,3,7H2,1-2H3;3-5,11H,6H2,1-2H3;5-7H,4,8H2,1-3H3;4-6H,3,7H2,1-2H3;4-6H,7H2,1-3H3;3-5H,6H2,1-2H3. The van der Waals surface area contributed by atoms with Gasteiger partial charge in [0, 0.05) is 75.5 Å². The van der Waals surface area contributed by atoms with E-state index >= 15 is 0 Å². The Kier molecular flexibility index (Phi) is 48.8. The first-order valence-corrected chi connectivity index (χ1v) is 35.3. The normalized spacial score (nSPS) is 10.4. The number of hydrogen-bond acceptors (Lipinski definition) is 22. The lowest BCUT2D eigenvalue weighted by molar-refractivity contribution is 0.0973. The lowest BCUT2D eigenvalue weighted by Crippen LogP contribution is -2.06. The van der Waals surface area contributed by atoms with Crippen LogP contribution in [0.5, 0.6) is 0 Å². The van der Waals surface area contributed by atoms with Crippen molar-refractivity contribution in [2.75, 3.05) is 0 Å². The van der Waals surface area contributed by atoms with Gasteiger partial charge in [-0.3, -0.25) is 9.59 Å². The predicted octanol–water partition coefficient (Wildman–Crippen LogP) is 21.6. The van der Waals surface area contributed by atoms with Crippen LogP contribution in [0.3, 0.4) is 0 Å². The molecule has 0 aliphatic carbocycles. The highest BCUT2D eigenvalue weighted by atomic mass is 35.5. The summed E-state index contributed by atoms with van der Waals surface area (Å²) in [7, 11) is 0. The maximum absolute atomic E-state index is 13.0. The second kappa shape index (κ2) is 55.2. The minimum absolute atomic E-state index is 0.0300. The Hall–Kier alpha value is -10.3. The smallest absolute Gasteiger partial charge is 0.264 e. The summed E-state index contributed by atoms with van der Waals surface area (Å²) in [5.74, 6) is -1.87. The number of benzene rings is 6. The van der Waals surface area contributed by atoms with Crippen molar-refractivity contribution in [1.82, 2.24) is 0 Å². The molecule has 0 heterocycles. The molecule has 6 rings (SSSR count). The van der Waals surface area contributed by atoms with E-state index in [-0.39, 0.29) is 106 Å². The van der Waals surface area contributed by atoms with E-state index in [9.17, 15) is 44.0 Å². The third-order valence-corrected chi connectivity index (χ3v) is 15.1. The van der Waals surface area contributed by atoms with E-state index in [2.05, 4.69) is 68.4 Å². The zero-order valence-corrected chi connectivity index (χ0v) is 65.6. The Labute approximate surface area is 641 Å². The third kappa shape index (κ3) is 37.5. The van der Waals surface area contributed by atoms with E-state index < -0.39 is 24.7 Å². The molecule has 0 aliphatic heterocycles. The molecule has 0 atom stereocenters. The maximum Gasteiger partial charge on any atom is 0.264 e. The van der Waals surface area contributed by atoms with Crippen molar-refractivity contribution in [3.63, 3.8) is 0 Å². The predicted molar refractivity (Wildman–Crippen MR) is 411 cm³/mol. The van der Waals surface area contributed by atoms with E-state index in [0.29, 0.717) is 75.0 Å². The molecule has 0 radical (unpaired) electrons. The van der Waals surface area contributed by atoms with Gasteiger partial charge in [0.2, 0.25) is 57.7 Å². The van der Waals surface area contributed by atoms with Crippen LogP contribution < -0.4 is 0 Å². The fourth-order valence-corrected chi connectivity index (χ4v) is 9.11. The van der Waals surface area contributed by atoms with Crippen molar-refractivity contribution < 1.29 is 73.0 Å². The first-order valence-electron chi connectivity index (χ1n) is 31.7. The summed E-state index contributed by atoms with van der Waals surface area (Å²) in [6, 6.07) is 29.1. The molecule has 0 N–H and O–H groups in total. The van der Waals surface area contributed by atoms with Gasteiger partial charge in [-0.2, -0.15) is 34.3 Å². The van der Waals surface area contributed by atoms with Crippen LogP contribution in [-0.2, 0) is 115 Å². The van der Waals surface area contributed by atoms with Crippen LogP contribution in [0.25, 0.3) is 20.9 Å². The Bertz CT molecular complexity index is 4280. The Balaban J connectivity index is 0.000000644. The van der Waals surface area contributed by atoms with E-state index in [1.165, 1.54) is 36.4 Å². The number of alkyl halides is 4. The summed E-state index contributed by atoms with van der Waals surface area (Å²) < 4.78 is 109. The quantitative estimate of drug-likeness (QED) is 0.0106. The molecular formula is C69H80Cl2F4N16O12S4. The summed E-state index contributed by atoms with van der Waals surface area (Å²) in [5.41, 5.74) is 27.9. The monoisotopic (exact) mass is 1600 g/mol. The number of carbonyl (C=O) groups excluding carboxylic acids is 2. The van der Waals surface area contributed by atoms with E-state index in [1.807, 2.05) is 100 Å². The van der Waals surface area contributed by atoms with Gasteiger partial charge in [-0.1, -0.05) is 148 Å². The van der Waals surface area contributed by atoms with Gasteiger partial charge < -0.3 is 29.0 Å². The summed E-state index contributed by atoms with van der Waals surface area (Å²) in [6.07, 6.45) is -3.21. The number of rotatable bonds is 29. The number of hydrogen-bond donors (Lipinski definition) is 0. The maximum atomic E-state index is 13.0. The van der Waals surface area contributed by atoms with E-state index in [1.54, 1.807) is 69.3 Å². The molecule has 6 aromatic rings. The number of aryl methyl sites for hydroxylation is 2. The molecule has 6 aromatic carbocycles. The second-order valence-electron chi connectivity index (χ2n) is 21.9. The van der Waals surface area contributed by atoms with Gasteiger partial charge in [-0.05, 0) is 164 Å². The van der Waals surface area contributed by atoms with Gasteiger partial charge >= 0.3 is 0 Å². The molecule has 0 fully saturated rings. The minimum atomic E-state index is -2.78. The van der Waals surface area contributed by atoms with E-state index in [0.717, 1.165) is 57.9 Å². The molecule has 0 aromatic heterocycles. The van der Waals surface area contributed by atoms with Crippen LogP contribution in [0, 0.1) is 13.8 Å². The van der Waals surface area contributed by atoms with Gasteiger partial charge in [0.1, 0.15) is 39.6 Å². The second-order valence-corrected chi connectivity index (χ2v) is 24.1. The first-order chi connectivity index (χ1) is 51.1. The number of oxime groups is 6. The zero-order valence-electron chi connectivity index (χ0n) is 60.9. The van der Waals surface area contributed by atoms with Crippen LogP contribution in [0.15, 0.2) is 168 Å². The fraction of sp³-hybridized carbons (Fsp3) is 0.362. The Morgan fingerprint density at radius 1 is 0.393 bits per heavy atom. The first kappa shape index (κ1) is 94.7. The molecule has 107 heavy (non-hydrogen) atoms. The topological polar surface area (TPSA) is 379 Å². The fourth-order valence-electron chi connectivity index (χ4n) is 7.65. The van der Waals surface area contributed by atoms with Gasteiger partial charge in [0.15, 0.2) is 0 Å². The van der Waals surface area contributed by atoms with Crippen LogP contribution >= 0.6 is 23.2 Å². The largest absolute Gasteiger partial charge is 0.391 e. The Morgan fingerprint density at radius 2 is 0.645 bits per heavy atom. The molecule has 2 amide bonds. The highest BCUT2D eigenvalue weighted by Gasteiger charge is 2.22. The minimum Gasteiger partial charge on any atom is -0.391 e. The average Bonchev–Trinajstić information content (AvgIpc) is 0.823. The molecule has 0 saturated heterocycles. The number of nitrogens with zero attached hydrogens (tertiary/aromatic N) is 16. The summed E-state index contributed by atoms with van der Waals surface area (Å²) in [4.78, 5) is 58.5. The molecule has 0 unspecified atom stereocenters. The molecule has 38 heteroatoms. The molecule has 574 valence electrons. The van der Waals surface area contributed by atoms with Gasteiger partial charge in [-0.15, -0.1) is 0 Å². The van der Waals surface area contributed by atoms with Crippen molar-refractivity contribution in [3.05, 3.63) is 207 Å². The van der Waals surface area contributed by atoms with Crippen molar-refractivity contribution >= 4 is 138 Å². The van der Waals surface area contributed by atoms with Crippen LogP contribution in [-0.4, -0.2) is 62.9 Å². The summed E-state index contributed by atoms with van der Waals surface area (Å²) >= 11 is 12.7. The van der Waals surface area contributed by atoms with Crippen molar-refractivity contribution in [3.8, 4) is 0 Å². The average molecular weight is 1600 g/mol. The number of carbonyl (C=O) groups is 2. The summed E-state index contributed by atoms with van der Waals surface area (Å²) in [6.45, 7) is 26.5. The summed E-state index contributed by atoms with van der Waals surface area (Å²) in [5, 5.41) is 29.8. The lowest BCUT2D eigenvalue weighted by atomic mass is 10.0. The SMILES string of the molecule is CC(C)=NOCc1c(C(=O)N=[N+]=[N-])cccc1C(F)F.CC(C)=NOCc1c(C)cccc1N=S=O.CC(C)=NOCc1c(Cl)cccc1N=S=O.CCC(C)=NOCc1c(C(=O)N=[N+]=[N-])cccc1C(F)F.CCC(C)=NOCc1c(C)cccc1N=S=O.CCC(C)=NOCc1c(Cl)cccc1N=S=O. The number of azide groups is 2. The van der Waals surface area contributed by atoms with Crippen LogP contribution in [0.1, 0.15) is 192 Å². The number of amides is 2. The van der Waals surface area contributed by atoms with E-state index in [4.69, 9.17) is 63.3 Å². The van der Waals surface area contributed by atoms with Crippen molar-refractivity contribution in [1.29, 1.82) is 0 Å². The highest BCUT2D eigenvalue weighted by molar-refractivity contribution is 7.55. The lowest BCUT2D eigenvalue weighted by Gasteiger charge is -2.11. The molecule has 28 nitrogen and oxygen atoms in total. The number of halogens is 6. The molecule has 0 aliphatic rings. The van der Waals surface area contributed by atoms with Gasteiger partial charge in [0.25, 0.3) is 12.9 Å². The van der Waals surface area contributed by atoms with Crippen LogP contribution in [0.2, 0.25) is 10.0 Å². The van der Waals surface area contributed by atoms with Gasteiger partial charge in [-0.25, -0.2) is 17.6 Å². The molecule has 0 saturated carbocycles. The zero-order chi connectivity index (χ0) is 80.2. The Morgan fingerprint density at radius 3 is 0.907 bits per heavy atom. The molecule has 0 spiro atoms.